The fraction of sp³-hybridized carbons (Fsp3) is 0.353. The summed E-state index contributed by atoms with van der Waals surface area (Å²) in [6.07, 6.45) is 5.17. The van der Waals surface area contributed by atoms with Gasteiger partial charge in [-0.05, 0) is 37.1 Å². The lowest BCUT2D eigenvalue weighted by Gasteiger charge is -2.16. The van der Waals surface area contributed by atoms with Gasteiger partial charge in [-0.3, -0.25) is 14.6 Å². The van der Waals surface area contributed by atoms with Gasteiger partial charge in [0.05, 0.1) is 5.52 Å². The molecule has 1 atom stereocenters. The largest absolute Gasteiger partial charge is 0.352 e. The minimum absolute atomic E-state index is 0.0288. The second-order valence-electron chi connectivity index (χ2n) is 5.63. The Morgan fingerprint density at radius 1 is 1.32 bits per heavy atom. The van der Waals surface area contributed by atoms with Gasteiger partial charge in [-0.2, -0.15) is 0 Å². The number of amides is 2. The third-order valence-corrected chi connectivity index (χ3v) is 3.95. The van der Waals surface area contributed by atoms with E-state index in [4.69, 9.17) is 0 Å². The van der Waals surface area contributed by atoms with E-state index in [9.17, 15) is 9.59 Å². The van der Waals surface area contributed by atoms with Gasteiger partial charge in [0.15, 0.2) is 0 Å². The summed E-state index contributed by atoms with van der Waals surface area (Å²) in [4.78, 5) is 28.0. The van der Waals surface area contributed by atoms with Crippen molar-refractivity contribution in [2.24, 2.45) is 0 Å². The van der Waals surface area contributed by atoms with Crippen LogP contribution in [0.4, 0.5) is 0 Å². The third kappa shape index (κ3) is 3.42. The molecule has 0 spiro atoms. The predicted octanol–water partition coefficient (Wildman–Crippen LogP) is 2.02. The van der Waals surface area contributed by atoms with Crippen LogP contribution in [0.2, 0.25) is 0 Å². The molecule has 0 radical (unpaired) electrons. The van der Waals surface area contributed by atoms with Gasteiger partial charge >= 0.3 is 0 Å². The van der Waals surface area contributed by atoms with Crippen LogP contribution in [0, 0.1) is 0 Å². The molecule has 2 aromatic rings. The van der Waals surface area contributed by atoms with Crippen LogP contribution < -0.4 is 10.6 Å². The molecule has 2 N–H and O–H groups in total. The third-order valence-electron chi connectivity index (χ3n) is 3.95. The van der Waals surface area contributed by atoms with E-state index in [0.717, 1.165) is 30.2 Å². The van der Waals surface area contributed by atoms with E-state index in [0.29, 0.717) is 18.5 Å². The summed E-state index contributed by atoms with van der Waals surface area (Å²) in [5.74, 6) is -0.0437. The number of fused-ring (bicyclic) bond motifs is 1. The zero-order chi connectivity index (χ0) is 15.4. The van der Waals surface area contributed by atoms with E-state index in [1.54, 1.807) is 12.3 Å². The van der Waals surface area contributed by atoms with E-state index >= 15 is 0 Å². The molecule has 1 unspecified atom stereocenters. The molecular weight excluding hydrogens is 278 g/mol. The van der Waals surface area contributed by atoms with Gasteiger partial charge in [-0.1, -0.05) is 12.5 Å². The summed E-state index contributed by atoms with van der Waals surface area (Å²) in [6.45, 7) is 0.468. The van der Waals surface area contributed by atoms with Crippen molar-refractivity contribution in [3.8, 4) is 0 Å². The number of carbonyl (C=O) groups is 2. The first kappa shape index (κ1) is 14.5. The molecule has 1 saturated heterocycles. The van der Waals surface area contributed by atoms with Crippen molar-refractivity contribution in [1.29, 1.82) is 0 Å². The lowest BCUT2D eigenvalue weighted by atomic mass is 10.1. The Kier molecular flexibility index (Phi) is 4.32. The normalized spacial score (nSPS) is 18.5. The van der Waals surface area contributed by atoms with Crippen LogP contribution in [0.25, 0.3) is 10.9 Å². The molecule has 22 heavy (non-hydrogen) atoms. The van der Waals surface area contributed by atoms with Crippen molar-refractivity contribution in [1.82, 2.24) is 15.6 Å². The minimum Gasteiger partial charge on any atom is -0.352 e. The first-order chi connectivity index (χ1) is 10.7. The topological polar surface area (TPSA) is 71.1 Å². The highest BCUT2D eigenvalue weighted by molar-refractivity contribution is 5.97. The summed E-state index contributed by atoms with van der Waals surface area (Å²) < 4.78 is 0. The number of hydrogen-bond donors (Lipinski definition) is 2. The van der Waals surface area contributed by atoms with Crippen molar-refractivity contribution >= 4 is 22.7 Å². The Hall–Kier alpha value is -2.43. The summed E-state index contributed by atoms with van der Waals surface area (Å²) in [5.41, 5.74) is 1.48. The quantitative estimate of drug-likeness (QED) is 0.910. The number of nitrogens with one attached hydrogen (secondary N) is 2. The molecular formula is C17H19N3O2. The highest BCUT2D eigenvalue weighted by Crippen LogP contribution is 2.13. The van der Waals surface area contributed by atoms with Crippen LogP contribution in [0.1, 0.15) is 36.0 Å². The van der Waals surface area contributed by atoms with E-state index in [-0.39, 0.29) is 17.9 Å². The number of pyridine rings is 1. The van der Waals surface area contributed by atoms with Gasteiger partial charge in [-0.15, -0.1) is 0 Å². The Bertz CT molecular complexity index is 699. The van der Waals surface area contributed by atoms with E-state index in [2.05, 4.69) is 15.6 Å². The van der Waals surface area contributed by atoms with Gasteiger partial charge in [0.1, 0.15) is 0 Å². The molecule has 5 heteroatoms. The molecule has 1 fully saturated rings. The number of rotatable bonds is 3. The van der Waals surface area contributed by atoms with Crippen molar-refractivity contribution in [3.05, 3.63) is 42.1 Å². The van der Waals surface area contributed by atoms with Gasteiger partial charge in [-0.25, -0.2) is 0 Å². The molecule has 1 aromatic heterocycles. The maximum absolute atomic E-state index is 12.3. The maximum atomic E-state index is 12.3. The molecule has 2 amide bonds. The molecule has 5 nitrogen and oxygen atoms in total. The summed E-state index contributed by atoms with van der Waals surface area (Å²) >= 11 is 0. The Morgan fingerprint density at radius 2 is 2.23 bits per heavy atom. The second-order valence-corrected chi connectivity index (χ2v) is 5.63. The van der Waals surface area contributed by atoms with Crippen LogP contribution in [-0.2, 0) is 4.79 Å². The first-order valence-electron chi connectivity index (χ1n) is 7.65. The lowest BCUT2D eigenvalue weighted by molar-refractivity contribution is -0.121. The van der Waals surface area contributed by atoms with E-state index in [1.165, 1.54) is 0 Å². The fourth-order valence-electron chi connectivity index (χ4n) is 2.74. The smallest absolute Gasteiger partial charge is 0.251 e. The number of benzene rings is 1. The molecule has 0 aliphatic carbocycles. The van der Waals surface area contributed by atoms with E-state index in [1.807, 2.05) is 24.3 Å². The van der Waals surface area contributed by atoms with Gasteiger partial charge in [0.25, 0.3) is 5.91 Å². The SMILES string of the molecule is O=C1CCCCC(CNC(=O)c2ccc3ncccc3c2)N1. The highest BCUT2D eigenvalue weighted by Gasteiger charge is 2.17. The molecule has 114 valence electrons. The van der Waals surface area contributed by atoms with Crippen molar-refractivity contribution < 1.29 is 9.59 Å². The second kappa shape index (κ2) is 6.56. The molecule has 2 heterocycles. The Balaban J connectivity index is 1.64. The van der Waals surface area contributed by atoms with Crippen LogP contribution in [0.5, 0.6) is 0 Å². The van der Waals surface area contributed by atoms with Gasteiger partial charge in [0, 0.05) is 36.2 Å². The van der Waals surface area contributed by atoms with Crippen molar-refractivity contribution in [2.45, 2.75) is 31.7 Å². The number of aromatic nitrogens is 1. The number of hydrogen-bond acceptors (Lipinski definition) is 3. The molecule has 0 bridgehead atoms. The summed E-state index contributed by atoms with van der Waals surface area (Å²) in [7, 11) is 0. The molecule has 0 saturated carbocycles. The van der Waals surface area contributed by atoms with Crippen LogP contribution in [0.3, 0.4) is 0 Å². The average molecular weight is 297 g/mol. The zero-order valence-corrected chi connectivity index (χ0v) is 12.3. The van der Waals surface area contributed by atoms with Crippen molar-refractivity contribution in [3.63, 3.8) is 0 Å². The highest BCUT2D eigenvalue weighted by atomic mass is 16.2. The van der Waals surface area contributed by atoms with Crippen LogP contribution in [0.15, 0.2) is 36.5 Å². The maximum Gasteiger partial charge on any atom is 0.251 e. The fourth-order valence-corrected chi connectivity index (χ4v) is 2.74. The summed E-state index contributed by atoms with van der Waals surface area (Å²) in [5, 5.41) is 6.80. The molecule has 3 rings (SSSR count). The molecule has 1 aliphatic heterocycles. The van der Waals surface area contributed by atoms with Crippen LogP contribution in [-0.4, -0.2) is 29.4 Å². The zero-order valence-electron chi connectivity index (χ0n) is 12.3. The van der Waals surface area contributed by atoms with E-state index < -0.39 is 0 Å². The lowest BCUT2D eigenvalue weighted by Crippen LogP contribution is -2.42. The molecule has 1 aliphatic rings. The Morgan fingerprint density at radius 3 is 3.14 bits per heavy atom. The monoisotopic (exact) mass is 297 g/mol. The standard InChI is InChI=1S/C17H19N3O2/c21-16-6-2-1-5-14(20-16)11-19-17(22)13-7-8-15-12(10-13)4-3-9-18-15/h3-4,7-10,14H,1-2,5-6,11H2,(H,19,22)(H,20,21). The number of carbonyl (C=O) groups excluding carboxylic acids is 2. The average Bonchev–Trinajstić information content (AvgIpc) is 2.76. The molecule has 1 aromatic carbocycles. The van der Waals surface area contributed by atoms with Crippen LogP contribution >= 0.6 is 0 Å². The Labute approximate surface area is 129 Å². The summed E-state index contributed by atoms with van der Waals surface area (Å²) in [6, 6.07) is 9.27. The van der Waals surface area contributed by atoms with Gasteiger partial charge < -0.3 is 10.6 Å². The predicted molar refractivity (Wildman–Crippen MR) is 84.5 cm³/mol. The van der Waals surface area contributed by atoms with Crippen molar-refractivity contribution in [2.75, 3.05) is 6.54 Å². The van der Waals surface area contributed by atoms with Gasteiger partial charge in [0.2, 0.25) is 5.91 Å². The number of nitrogens with zero attached hydrogens (tertiary/aromatic N) is 1. The minimum atomic E-state index is -0.121. The first-order valence-corrected chi connectivity index (χ1v) is 7.65.